The molecule has 0 bridgehead atoms. The van der Waals surface area contributed by atoms with Gasteiger partial charge in [0.25, 0.3) is 0 Å². The number of carbonyl (C=O) groups is 2. The van der Waals surface area contributed by atoms with Crippen LogP contribution in [0.15, 0.2) is 12.4 Å². The number of nitrogens with two attached hydrogens (primary N) is 1. The normalized spacial score (nSPS) is 11.7. The van der Waals surface area contributed by atoms with Crippen molar-refractivity contribution in [2.45, 2.75) is 18.9 Å². The first kappa shape index (κ1) is 11.3. The van der Waals surface area contributed by atoms with E-state index in [0.29, 0.717) is 0 Å². The van der Waals surface area contributed by atoms with Gasteiger partial charge < -0.3 is 21.3 Å². The summed E-state index contributed by atoms with van der Waals surface area (Å²) in [5, 5.41) is 19.2. The number of hydrogen-bond donors (Lipinski definition) is 4. The minimum Gasteiger partial charge on any atom is -0.481 e. The van der Waals surface area contributed by atoms with Crippen molar-refractivity contribution in [3.05, 3.63) is 12.4 Å². The lowest BCUT2D eigenvalue weighted by molar-refractivity contribution is -0.140. The number of aliphatic carboxylic acids is 2. The van der Waals surface area contributed by atoms with Gasteiger partial charge in [0.2, 0.25) is 0 Å². The van der Waals surface area contributed by atoms with Crippen LogP contribution in [0.2, 0.25) is 0 Å². The first-order valence-electron chi connectivity index (χ1n) is 3.59. The summed E-state index contributed by atoms with van der Waals surface area (Å²) in [5.74, 6) is -2.18. The Morgan fingerprint density at radius 1 is 1.46 bits per heavy atom. The Bertz CT molecular complexity index is 227. The van der Waals surface area contributed by atoms with E-state index in [1.54, 1.807) is 0 Å². The summed E-state index contributed by atoms with van der Waals surface area (Å²) in [4.78, 5) is 20.6. The third-order valence-electron chi connectivity index (χ3n) is 1.30. The maximum absolute atomic E-state index is 10.5. The third-order valence-corrected chi connectivity index (χ3v) is 1.30. The second-order valence-electron chi connectivity index (χ2n) is 2.49. The van der Waals surface area contributed by atoms with Crippen LogP contribution < -0.4 is 11.1 Å². The molecule has 0 aromatic carbocycles. The molecule has 6 heteroatoms. The summed E-state index contributed by atoms with van der Waals surface area (Å²) in [6, 6.07) is -0.992. The number of carboxylic acid groups (broad SMARTS) is 2. The molecule has 1 atom stereocenters. The lowest BCUT2D eigenvalue weighted by Crippen LogP contribution is -2.38. The maximum atomic E-state index is 10.5. The maximum Gasteiger partial charge on any atom is 0.326 e. The molecule has 13 heavy (non-hydrogen) atoms. The van der Waals surface area contributed by atoms with Gasteiger partial charge in [-0.15, -0.1) is 0 Å². The van der Waals surface area contributed by atoms with Crippen molar-refractivity contribution in [1.82, 2.24) is 5.32 Å². The largest absolute Gasteiger partial charge is 0.481 e. The Hall–Kier alpha value is -1.72. The van der Waals surface area contributed by atoms with Crippen LogP contribution in [0.25, 0.3) is 0 Å². The molecule has 0 aliphatic rings. The molecule has 0 fully saturated rings. The SMILES string of the molecule is C=C(N)N[C@@H](CCC(=O)O)C(=O)O. The molecule has 5 N–H and O–H groups in total. The number of carboxylic acids is 2. The zero-order valence-electron chi connectivity index (χ0n) is 6.99. The highest BCUT2D eigenvalue weighted by Gasteiger charge is 2.17. The van der Waals surface area contributed by atoms with E-state index in [4.69, 9.17) is 15.9 Å². The standard InChI is InChI=1S/C7H12N2O4/c1-4(8)9-5(7(12)13)2-3-6(10)11/h5,9H,1-3,8H2,(H,10,11)(H,12,13)/t5-/m0/s1. The van der Waals surface area contributed by atoms with Crippen LogP contribution in [0.4, 0.5) is 0 Å². The van der Waals surface area contributed by atoms with Gasteiger partial charge in [0.15, 0.2) is 0 Å². The van der Waals surface area contributed by atoms with Gasteiger partial charge in [-0.05, 0) is 6.42 Å². The molecular weight excluding hydrogens is 176 g/mol. The van der Waals surface area contributed by atoms with Crippen molar-refractivity contribution in [3.63, 3.8) is 0 Å². The van der Waals surface area contributed by atoms with Gasteiger partial charge in [0, 0.05) is 6.42 Å². The molecule has 6 nitrogen and oxygen atoms in total. The fourth-order valence-corrected chi connectivity index (χ4v) is 0.749. The molecule has 0 saturated carbocycles. The number of hydrogen-bond acceptors (Lipinski definition) is 4. The Morgan fingerprint density at radius 3 is 2.31 bits per heavy atom. The Morgan fingerprint density at radius 2 is 2.00 bits per heavy atom. The monoisotopic (exact) mass is 188 g/mol. The van der Waals surface area contributed by atoms with Crippen LogP contribution in [0, 0.1) is 0 Å². The van der Waals surface area contributed by atoms with Crippen molar-refractivity contribution in [2.24, 2.45) is 5.73 Å². The molecular formula is C7H12N2O4. The van der Waals surface area contributed by atoms with E-state index in [1.165, 1.54) is 0 Å². The smallest absolute Gasteiger partial charge is 0.326 e. The molecule has 0 amide bonds. The van der Waals surface area contributed by atoms with Crippen molar-refractivity contribution < 1.29 is 19.8 Å². The molecule has 0 aliphatic carbocycles. The highest BCUT2D eigenvalue weighted by atomic mass is 16.4. The fourth-order valence-electron chi connectivity index (χ4n) is 0.749. The summed E-state index contributed by atoms with van der Waals surface area (Å²) in [6.45, 7) is 3.26. The lowest BCUT2D eigenvalue weighted by Gasteiger charge is -2.13. The Labute approximate surface area is 75.0 Å². The minimum atomic E-state index is -1.15. The van der Waals surface area contributed by atoms with Crippen LogP contribution in [0.5, 0.6) is 0 Å². The molecule has 0 rings (SSSR count). The number of rotatable bonds is 6. The summed E-state index contributed by atoms with van der Waals surface area (Å²) < 4.78 is 0. The van der Waals surface area contributed by atoms with E-state index in [9.17, 15) is 9.59 Å². The fraction of sp³-hybridized carbons (Fsp3) is 0.429. The van der Waals surface area contributed by atoms with Gasteiger partial charge in [-0.1, -0.05) is 6.58 Å². The summed E-state index contributed by atoms with van der Waals surface area (Å²) in [5.41, 5.74) is 5.12. The van der Waals surface area contributed by atoms with Gasteiger partial charge in [0.1, 0.15) is 6.04 Å². The van der Waals surface area contributed by atoms with E-state index in [2.05, 4.69) is 11.9 Å². The third kappa shape index (κ3) is 5.54. The molecule has 0 aromatic heterocycles. The van der Waals surface area contributed by atoms with Crippen LogP contribution in [0.1, 0.15) is 12.8 Å². The topological polar surface area (TPSA) is 113 Å². The van der Waals surface area contributed by atoms with E-state index in [-0.39, 0.29) is 18.7 Å². The molecule has 0 aliphatic heterocycles. The molecule has 0 saturated heterocycles. The van der Waals surface area contributed by atoms with Gasteiger partial charge in [-0.2, -0.15) is 0 Å². The van der Waals surface area contributed by atoms with E-state index >= 15 is 0 Å². The lowest BCUT2D eigenvalue weighted by atomic mass is 10.1. The van der Waals surface area contributed by atoms with Gasteiger partial charge in [-0.25, -0.2) is 4.79 Å². The van der Waals surface area contributed by atoms with Crippen molar-refractivity contribution >= 4 is 11.9 Å². The highest BCUT2D eigenvalue weighted by Crippen LogP contribution is 1.98. The van der Waals surface area contributed by atoms with E-state index in [0.717, 1.165) is 0 Å². The molecule has 0 heterocycles. The molecule has 0 aromatic rings. The summed E-state index contributed by atoms with van der Waals surface area (Å²) in [7, 11) is 0. The van der Waals surface area contributed by atoms with Gasteiger partial charge in [0.05, 0.1) is 5.82 Å². The van der Waals surface area contributed by atoms with Crippen LogP contribution in [-0.4, -0.2) is 28.2 Å². The first-order valence-corrected chi connectivity index (χ1v) is 3.59. The molecule has 0 radical (unpaired) electrons. The van der Waals surface area contributed by atoms with Crippen molar-refractivity contribution in [3.8, 4) is 0 Å². The van der Waals surface area contributed by atoms with Gasteiger partial charge in [-0.3, -0.25) is 4.79 Å². The second-order valence-corrected chi connectivity index (χ2v) is 2.49. The zero-order chi connectivity index (χ0) is 10.4. The Kier molecular flexibility index (Phi) is 4.36. The van der Waals surface area contributed by atoms with Crippen LogP contribution in [0.3, 0.4) is 0 Å². The van der Waals surface area contributed by atoms with Crippen molar-refractivity contribution in [2.75, 3.05) is 0 Å². The Balaban J connectivity index is 4.02. The summed E-state index contributed by atoms with van der Waals surface area (Å²) >= 11 is 0. The second kappa shape index (κ2) is 5.02. The predicted molar refractivity (Wildman–Crippen MR) is 44.8 cm³/mol. The van der Waals surface area contributed by atoms with Crippen molar-refractivity contribution in [1.29, 1.82) is 0 Å². The molecule has 0 unspecified atom stereocenters. The molecule has 74 valence electrons. The first-order chi connectivity index (χ1) is 5.93. The van der Waals surface area contributed by atoms with Gasteiger partial charge >= 0.3 is 11.9 Å². The highest BCUT2D eigenvalue weighted by molar-refractivity contribution is 5.75. The summed E-state index contributed by atoms with van der Waals surface area (Å²) in [6.07, 6.45) is -0.252. The average Bonchev–Trinajstić information content (AvgIpc) is 1.96. The van der Waals surface area contributed by atoms with Crippen LogP contribution >= 0.6 is 0 Å². The molecule has 0 spiro atoms. The quantitative estimate of drug-likeness (QED) is 0.439. The van der Waals surface area contributed by atoms with E-state index < -0.39 is 18.0 Å². The van der Waals surface area contributed by atoms with Crippen LogP contribution in [-0.2, 0) is 9.59 Å². The average molecular weight is 188 g/mol. The minimum absolute atomic E-state index is 0.0118. The number of nitrogens with one attached hydrogen (secondary N) is 1. The van der Waals surface area contributed by atoms with E-state index in [1.807, 2.05) is 0 Å². The zero-order valence-corrected chi connectivity index (χ0v) is 6.99. The predicted octanol–water partition coefficient (Wildman–Crippen LogP) is -0.676.